The van der Waals surface area contributed by atoms with Crippen LogP contribution in [-0.2, 0) is 4.79 Å². The third kappa shape index (κ3) is 6.21. The van der Waals surface area contributed by atoms with Crippen LogP contribution in [0.25, 0.3) is 6.08 Å². The van der Waals surface area contributed by atoms with E-state index in [1.165, 1.54) is 4.90 Å². The summed E-state index contributed by atoms with van der Waals surface area (Å²) in [6.45, 7) is 5.88. The smallest absolute Gasteiger partial charge is 0.314 e. The van der Waals surface area contributed by atoms with Crippen molar-refractivity contribution in [1.29, 1.82) is 0 Å². The number of nitrogens with one attached hydrogen (secondary N) is 2. The Morgan fingerprint density at radius 2 is 1.67 bits per heavy atom. The van der Waals surface area contributed by atoms with Crippen LogP contribution in [0.4, 0.5) is 4.79 Å². The highest BCUT2D eigenvalue weighted by atomic mass is 35.5. The van der Waals surface area contributed by atoms with Gasteiger partial charge in [0.05, 0.1) is 0 Å². The number of urea groups is 1. The van der Waals surface area contributed by atoms with E-state index in [4.69, 9.17) is 11.6 Å². The molecule has 8 heteroatoms. The summed E-state index contributed by atoms with van der Waals surface area (Å²) in [5.41, 5.74) is 1.15. The first-order valence-electron chi connectivity index (χ1n) is 9.17. The highest BCUT2D eigenvalue weighted by Gasteiger charge is 2.32. The van der Waals surface area contributed by atoms with Crippen LogP contribution in [-0.4, -0.2) is 61.0 Å². The summed E-state index contributed by atoms with van der Waals surface area (Å²) in [5.74, 6) is -0.257. The van der Waals surface area contributed by atoms with Gasteiger partial charge >= 0.3 is 6.03 Å². The van der Waals surface area contributed by atoms with Gasteiger partial charge in [-0.2, -0.15) is 0 Å². The van der Waals surface area contributed by atoms with E-state index < -0.39 is 0 Å². The van der Waals surface area contributed by atoms with Crippen LogP contribution in [0.1, 0.15) is 24.8 Å². The molecule has 0 bridgehead atoms. The third-order valence-corrected chi connectivity index (χ3v) is 4.96. The van der Waals surface area contributed by atoms with E-state index >= 15 is 0 Å². The average Bonchev–Trinajstić information content (AvgIpc) is 2.91. The Balaban J connectivity index is 0.00000261. The Kier molecular flexibility index (Phi) is 8.57. The zero-order chi connectivity index (χ0) is 18.4. The van der Waals surface area contributed by atoms with Crippen LogP contribution in [0.2, 0.25) is 5.02 Å². The van der Waals surface area contributed by atoms with Gasteiger partial charge in [-0.1, -0.05) is 30.2 Å². The second kappa shape index (κ2) is 10.7. The van der Waals surface area contributed by atoms with Crippen LogP contribution in [0.3, 0.4) is 0 Å². The minimum absolute atomic E-state index is 0. The lowest BCUT2D eigenvalue weighted by Crippen LogP contribution is -2.43. The summed E-state index contributed by atoms with van der Waals surface area (Å²) < 4.78 is 0. The maximum absolute atomic E-state index is 12.4. The number of carbonyl (C=O) groups is 2. The minimum Gasteiger partial charge on any atom is -0.314 e. The average molecular weight is 413 g/mol. The van der Waals surface area contributed by atoms with E-state index in [9.17, 15) is 9.59 Å². The summed E-state index contributed by atoms with van der Waals surface area (Å²) in [5, 5.41) is 6.64. The van der Waals surface area contributed by atoms with Crippen molar-refractivity contribution in [1.82, 2.24) is 20.4 Å². The summed E-state index contributed by atoms with van der Waals surface area (Å²) >= 11 is 5.86. The number of hydrogen-bond acceptors (Lipinski definition) is 4. The Morgan fingerprint density at radius 1 is 1.00 bits per heavy atom. The fourth-order valence-electron chi connectivity index (χ4n) is 3.22. The molecule has 0 unspecified atom stereocenters. The van der Waals surface area contributed by atoms with Crippen molar-refractivity contribution in [2.75, 3.05) is 39.3 Å². The standard InChI is InChI=1S/C19H25ClN4O2.ClH/c20-16-6-4-15(5-7-16)14-17-18(25)24(19(26)22-17)11-3-1-2-10-23-12-8-21-9-13-23;/h4-7,14,21H,1-3,8-13H2,(H,22,26);1H/b17-14+;. The van der Waals surface area contributed by atoms with E-state index in [0.29, 0.717) is 17.3 Å². The fraction of sp³-hybridized carbons (Fsp3) is 0.474. The number of imide groups is 1. The van der Waals surface area contributed by atoms with Crippen molar-refractivity contribution in [3.05, 3.63) is 40.5 Å². The van der Waals surface area contributed by atoms with E-state index in [0.717, 1.165) is 57.5 Å². The number of benzene rings is 1. The van der Waals surface area contributed by atoms with E-state index in [2.05, 4.69) is 15.5 Å². The van der Waals surface area contributed by atoms with Gasteiger partial charge in [-0.3, -0.25) is 9.69 Å². The molecule has 0 aromatic heterocycles. The van der Waals surface area contributed by atoms with Gasteiger partial charge in [-0.25, -0.2) is 4.79 Å². The Labute approximate surface area is 171 Å². The number of amides is 3. The topological polar surface area (TPSA) is 64.7 Å². The highest BCUT2D eigenvalue weighted by Crippen LogP contribution is 2.17. The molecule has 2 saturated heterocycles. The number of nitrogens with zero attached hydrogens (tertiary/aromatic N) is 2. The monoisotopic (exact) mass is 412 g/mol. The molecule has 0 atom stereocenters. The zero-order valence-corrected chi connectivity index (χ0v) is 16.8. The molecule has 0 radical (unpaired) electrons. The lowest BCUT2D eigenvalue weighted by atomic mass is 10.2. The third-order valence-electron chi connectivity index (χ3n) is 4.71. The SMILES string of the molecule is Cl.O=C1N/C(=C/c2ccc(Cl)cc2)C(=O)N1CCCCCN1CCNCC1. The molecule has 0 saturated carbocycles. The number of halogens is 2. The van der Waals surface area contributed by atoms with Gasteiger partial charge in [-0.05, 0) is 43.2 Å². The fourth-order valence-corrected chi connectivity index (χ4v) is 3.34. The second-order valence-corrected chi connectivity index (χ2v) is 7.09. The van der Waals surface area contributed by atoms with E-state index in [1.54, 1.807) is 18.2 Å². The summed E-state index contributed by atoms with van der Waals surface area (Å²) in [6.07, 6.45) is 4.62. The van der Waals surface area contributed by atoms with Crippen molar-refractivity contribution >= 4 is 42.0 Å². The molecule has 27 heavy (non-hydrogen) atoms. The predicted octanol–water partition coefficient (Wildman–Crippen LogP) is 2.73. The summed E-state index contributed by atoms with van der Waals surface area (Å²) in [4.78, 5) is 28.3. The lowest BCUT2D eigenvalue weighted by Gasteiger charge is -2.27. The summed E-state index contributed by atoms with van der Waals surface area (Å²) in [6, 6.07) is 6.80. The second-order valence-electron chi connectivity index (χ2n) is 6.65. The summed E-state index contributed by atoms with van der Waals surface area (Å²) in [7, 11) is 0. The molecule has 6 nitrogen and oxygen atoms in total. The van der Waals surface area contributed by atoms with Gasteiger partial charge in [0.15, 0.2) is 0 Å². The molecular formula is C19H26Cl2N4O2. The number of rotatable bonds is 7. The van der Waals surface area contributed by atoms with Crippen LogP contribution in [0.5, 0.6) is 0 Å². The molecule has 2 heterocycles. The van der Waals surface area contributed by atoms with Crippen molar-refractivity contribution in [3.8, 4) is 0 Å². The molecule has 2 fully saturated rings. The molecule has 148 valence electrons. The molecular weight excluding hydrogens is 387 g/mol. The molecule has 2 aliphatic rings. The Hall–Kier alpha value is -1.60. The molecule has 1 aromatic rings. The Morgan fingerprint density at radius 3 is 2.37 bits per heavy atom. The maximum Gasteiger partial charge on any atom is 0.329 e. The van der Waals surface area contributed by atoms with E-state index in [-0.39, 0.29) is 24.3 Å². The van der Waals surface area contributed by atoms with Crippen molar-refractivity contribution < 1.29 is 9.59 Å². The van der Waals surface area contributed by atoms with Crippen molar-refractivity contribution in [2.45, 2.75) is 19.3 Å². The lowest BCUT2D eigenvalue weighted by molar-refractivity contribution is -0.122. The van der Waals surface area contributed by atoms with Gasteiger partial charge in [0.1, 0.15) is 5.70 Å². The molecule has 3 amide bonds. The molecule has 1 aromatic carbocycles. The first-order chi connectivity index (χ1) is 12.6. The van der Waals surface area contributed by atoms with Gasteiger partial charge in [0.2, 0.25) is 0 Å². The van der Waals surface area contributed by atoms with Gasteiger partial charge in [-0.15, -0.1) is 12.4 Å². The minimum atomic E-state index is -0.336. The number of unbranched alkanes of at least 4 members (excludes halogenated alkanes) is 2. The van der Waals surface area contributed by atoms with Crippen molar-refractivity contribution in [2.24, 2.45) is 0 Å². The predicted molar refractivity (Wildman–Crippen MR) is 110 cm³/mol. The molecule has 0 spiro atoms. The van der Waals surface area contributed by atoms with Gasteiger partial charge in [0, 0.05) is 37.7 Å². The molecule has 3 rings (SSSR count). The quantitative estimate of drug-likeness (QED) is 0.410. The first kappa shape index (κ1) is 21.7. The van der Waals surface area contributed by atoms with Gasteiger partial charge < -0.3 is 15.5 Å². The maximum atomic E-state index is 12.4. The largest absolute Gasteiger partial charge is 0.329 e. The zero-order valence-electron chi connectivity index (χ0n) is 15.2. The molecule has 2 aliphatic heterocycles. The molecule has 0 aliphatic carbocycles. The number of piperazine rings is 1. The normalized spacial score (nSPS) is 19.3. The van der Waals surface area contributed by atoms with Crippen LogP contribution in [0, 0.1) is 0 Å². The number of hydrogen-bond donors (Lipinski definition) is 2. The highest BCUT2D eigenvalue weighted by molar-refractivity contribution is 6.30. The van der Waals surface area contributed by atoms with Gasteiger partial charge in [0.25, 0.3) is 5.91 Å². The van der Waals surface area contributed by atoms with Crippen LogP contribution >= 0.6 is 24.0 Å². The van der Waals surface area contributed by atoms with Crippen molar-refractivity contribution in [3.63, 3.8) is 0 Å². The first-order valence-corrected chi connectivity index (χ1v) is 9.54. The molecule has 2 N–H and O–H groups in total. The number of carbonyl (C=O) groups excluding carboxylic acids is 2. The van der Waals surface area contributed by atoms with Crippen LogP contribution in [0.15, 0.2) is 30.0 Å². The van der Waals surface area contributed by atoms with Crippen LogP contribution < -0.4 is 10.6 Å². The Bertz CT molecular complexity index is 673. The van der Waals surface area contributed by atoms with E-state index in [1.807, 2.05) is 12.1 Å².